The molecule has 0 spiro atoms. The highest BCUT2D eigenvalue weighted by Crippen LogP contribution is 2.47. The van der Waals surface area contributed by atoms with Crippen LogP contribution in [0, 0.1) is 11.3 Å². The van der Waals surface area contributed by atoms with Crippen molar-refractivity contribution in [2.24, 2.45) is 11.3 Å². The lowest BCUT2D eigenvalue weighted by atomic mass is 9.82. The molecule has 1 fully saturated rings. The van der Waals surface area contributed by atoms with Gasteiger partial charge in [-0.2, -0.15) is 0 Å². The zero-order chi connectivity index (χ0) is 22.2. The molecule has 0 unspecified atom stereocenters. The van der Waals surface area contributed by atoms with Gasteiger partial charge in [0.25, 0.3) is 0 Å². The number of rotatable bonds is 6. The van der Waals surface area contributed by atoms with Crippen molar-refractivity contribution in [3.05, 3.63) is 35.5 Å². The number of amides is 1. The lowest BCUT2D eigenvalue weighted by Crippen LogP contribution is -2.61. The van der Waals surface area contributed by atoms with Gasteiger partial charge < -0.3 is 24.2 Å². The number of fused-ring (bicyclic) bond motifs is 1. The molecule has 0 bridgehead atoms. The van der Waals surface area contributed by atoms with Gasteiger partial charge >= 0.3 is 11.9 Å². The minimum Gasteiger partial charge on any atom is -0.497 e. The minimum atomic E-state index is -0.826. The Labute approximate surface area is 175 Å². The lowest BCUT2D eigenvalue weighted by molar-refractivity contribution is -0.175. The zero-order valence-corrected chi connectivity index (χ0v) is 17.8. The molecule has 1 aromatic carbocycles. The summed E-state index contributed by atoms with van der Waals surface area (Å²) in [5.74, 6) is -1.55. The molecule has 8 heteroatoms. The minimum absolute atomic E-state index is 0.113. The number of nitrogens with zero attached hydrogens (tertiary/aromatic N) is 1. The fourth-order valence-electron chi connectivity index (χ4n) is 3.75. The van der Waals surface area contributed by atoms with Crippen molar-refractivity contribution in [3.8, 4) is 5.75 Å². The number of aliphatic hydroxyl groups is 1. The number of hydrogen-bond donors (Lipinski definition) is 1. The van der Waals surface area contributed by atoms with E-state index < -0.39 is 36.2 Å². The third kappa shape index (κ3) is 3.92. The first-order valence-corrected chi connectivity index (χ1v) is 9.79. The summed E-state index contributed by atoms with van der Waals surface area (Å²) in [6.07, 6.45) is -0.422. The Morgan fingerprint density at radius 3 is 2.57 bits per heavy atom. The zero-order valence-electron chi connectivity index (χ0n) is 17.8. The number of ether oxygens (including phenoxy) is 3. The van der Waals surface area contributed by atoms with Crippen LogP contribution in [-0.4, -0.2) is 53.9 Å². The first-order valence-electron chi connectivity index (χ1n) is 9.79. The molecule has 162 valence electrons. The van der Waals surface area contributed by atoms with E-state index in [0.29, 0.717) is 17.7 Å². The molecule has 8 nitrogen and oxygen atoms in total. The van der Waals surface area contributed by atoms with E-state index in [-0.39, 0.29) is 17.6 Å². The second-order valence-electron chi connectivity index (χ2n) is 8.54. The first-order chi connectivity index (χ1) is 14.1. The average Bonchev–Trinajstić information content (AvgIpc) is 3.01. The van der Waals surface area contributed by atoms with E-state index in [9.17, 15) is 19.5 Å². The molecule has 2 aliphatic heterocycles. The molecule has 1 aromatic rings. The SMILES string of the molecule is COc1cccc(C2=C(C(=O)OCOC(=O)C(C)(C)C)N3C(=O)[C@H]([C@@H](C)O)[C@H]3C2)c1. The van der Waals surface area contributed by atoms with E-state index >= 15 is 0 Å². The molecule has 1 saturated heterocycles. The molecule has 0 aliphatic carbocycles. The Morgan fingerprint density at radius 1 is 1.27 bits per heavy atom. The Balaban J connectivity index is 1.86. The topological polar surface area (TPSA) is 102 Å². The molecule has 3 rings (SSSR count). The van der Waals surface area contributed by atoms with E-state index in [2.05, 4.69) is 0 Å². The van der Waals surface area contributed by atoms with Crippen LogP contribution in [0.25, 0.3) is 5.57 Å². The van der Waals surface area contributed by atoms with Gasteiger partial charge in [0.1, 0.15) is 11.4 Å². The van der Waals surface area contributed by atoms with Crippen LogP contribution in [-0.2, 0) is 23.9 Å². The van der Waals surface area contributed by atoms with Crippen LogP contribution in [0.5, 0.6) is 5.75 Å². The summed E-state index contributed by atoms with van der Waals surface area (Å²) in [6, 6.07) is 6.84. The van der Waals surface area contributed by atoms with Crippen LogP contribution in [0.15, 0.2) is 30.0 Å². The van der Waals surface area contributed by atoms with E-state index in [1.165, 1.54) is 4.90 Å². The van der Waals surface area contributed by atoms with Crippen molar-refractivity contribution in [3.63, 3.8) is 0 Å². The highest BCUT2D eigenvalue weighted by atomic mass is 16.7. The summed E-state index contributed by atoms with van der Waals surface area (Å²) in [5.41, 5.74) is 0.734. The van der Waals surface area contributed by atoms with Crippen molar-refractivity contribution >= 4 is 23.4 Å². The summed E-state index contributed by atoms with van der Waals surface area (Å²) in [6.45, 7) is 6.09. The molecule has 2 aliphatic rings. The largest absolute Gasteiger partial charge is 0.497 e. The molecule has 3 atom stereocenters. The summed E-state index contributed by atoms with van der Waals surface area (Å²) >= 11 is 0. The number of hydrogen-bond acceptors (Lipinski definition) is 7. The summed E-state index contributed by atoms with van der Waals surface area (Å²) in [5, 5.41) is 9.97. The summed E-state index contributed by atoms with van der Waals surface area (Å²) in [4.78, 5) is 38.8. The molecule has 1 amide bonds. The molecule has 2 heterocycles. The monoisotopic (exact) mass is 417 g/mol. The number of carbonyl (C=O) groups excluding carboxylic acids is 3. The lowest BCUT2D eigenvalue weighted by Gasteiger charge is -2.44. The molecule has 0 radical (unpaired) electrons. The molecule has 0 aromatic heterocycles. The highest BCUT2D eigenvalue weighted by molar-refractivity contribution is 6.06. The van der Waals surface area contributed by atoms with Gasteiger partial charge in [-0.25, -0.2) is 4.79 Å². The Hall–Kier alpha value is -2.87. The maximum absolute atomic E-state index is 12.9. The van der Waals surface area contributed by atoms with Crippen LogP contribution >= 0.6 is 0 Å². The van der Waals surface area contributed by atoms with Gasteiger partial charge in [0.2, 0.25) is 12.7 Å². The van der Waals surface area contributed by atoms with E-state index in [1.54, 1.807) is 53.0 Å². The smallest absolute Gasteiger partial charge is 0.358 e. The van der Waals surface area contributed by atoms with Gasteiger partial charge in [-0.3, -0.25) is 9.59 Å². The maximum atomic E-state index is 12.9. The second kappa shape index (κ2) is 8.10. The fourth-order valence-corrected chi connectivity index (χ4v) is 3.75. The van der Waals surface area contributed by atoms with Crippen LogP contribution in [0.2, 0.25) is 0 Å². The van der Waals surface area contributed by atoms with Crippen molar-refractivity contribution in [2.45, 2.75) is 46.3 Å². The molecular weight excluding hydrogens is 390 g/mol. The van der Waals surface area contributed by atoms with Gasteiger partial charge in [-0.1, -0.05) is 12.1 Å². The van der Waals surface area contributed by atoms with E-state index in [0.717, 1.165) is 5.56 Å². The Kier molecular flexibility index (Phi) is 5.90. The predicted octanol–water partition coefficient (Wildman–Crippen LogP) is 2.11. The Bertz CT molecular complexity index is 897. The third-order valence-electron chi connectivity index (χ3n) is 5.33. The standard InChI is InChI=1S/C22H27NO7/c1-12(24)17-16-10-15(13-7-6-8-14(9-13)28-5)18(23(16)19(17)25)20(26)29-11-30-21(27)22(2,3)4/h6-9,12,16-17,24H,10-11H2,1-5H3/t12-,16-,17-/m1/s1. The average molecular weight is 417 g/mol. The number of carbonyl (C=O) groups is 3. The van der Waals surface area contributed by atoms with Gasteiger partial charge in [-0.05, 0) is 57.4 Å². The summed E-state index contributed by atoms with van der Waals surface area (Å²) < 4.78 is 15.4. The molecule has 30 heavy (non-hydrogen) atoms. The predicted molar refractivity (Wildman–Crippen MR) is 107 cm³/mol. The Morgan fingerprint density at radius 2 is 1.97 bits per heavy atom. The summed E-state index contributed by atoms with van der Waals surface area (Å²) in [7, 11) is 1.54. The van der Waals surface area contributed by atoms with Gasteiger partial charge in [0.15, 0.2) is 0 Å². The van der Waals surface area contributed by atoms with Crippen LogP contribution in [0.3, 0.4) is 0 Å². The van der Waals surface area contributed by atoms with Crippen molar-refractivity contribution in [2.75, 3.05) is 13.9 Å². The molecule has 0 saturated carbocycles. The van der Waals surface area contributed by atoms with Crippen molar-refractivity contribution in [1.29, 1.82) is 0 Å². The normalized spacial score (nSPS) is 21.7. The number of β-lactam (4-membered cyclic amide) rings is 1. The van der Waals surface area contributed by atoms with Gasteiger partial charge in [0.05, 0.1) is 30.6 Å². The fraction of sp³-hybridized carbons (Fsp3) is 0.500. The van der Waals surface area contributed by atoms with Crippen molar-refractivity contribution in [1.82, 2.24) is 4.90 Å². The van der Waals surface area contributed by atoms with Crippen LogP contribution in [0.4, 0.5) is 0 Å². The van der Waals surface area contributed by atoms with Gasteiger partial charge in [0, 0.05) is 0 Å². The first kappa shape index (κ1) is 21.8. The third-order valence-corrected chi connectivity index (χ3v) is 5.33. The molecular formula is C22H27NO7. The number of aliphatic hydroxyl groups excluding tert-OH is 1. The van der Waals surface area contributed by atoms with E-state index in [1.807, 2.05) is 6.07 Å². The van der Waals surface area contributed by atoms with Crippen LogP contribution < -0.4 is 4.74 Å². The van der Waals surface area contributed by atoms with Gasteiger partial charge in [-0.15, -0.1) is 0 Å². The quantitative estimate of drug-likeness (QED) is 0.430. The number of benzene rings is 1. The van der Waals surface area contributed by atoms with E-state index in [4.69, 9.17) is 14.2 Å². The number of methoxy groups -OCH3 is 1. The van der Waals surface area contributed by atoms with Crippen molar-refractivity contribution < 1.29 is 33.7 Å². The highest BCUT2D eigenvalue weighted by Gasteiger charge is 2.57. The number of esters is 2. The second-order valence-corrected chi connectivity index (χ2v) is 8.54. The van der Waals surface area contributed by atoms with Crippen LogP contribution in [0.1, 0.15) is 39.7 Å². The maximum Gasteiger partial charge on any atom is 0.358 e. The molecule has 1 N–H and O–H groups in total.